The van der Waals surface area contributed by atoms with Crippen LogP contribution in [0.2, 0.25) is 0 Å². The molecule has 9 rings (SSSR count). The molecule has 0 fully saturated rings. The summed E-state index contributed by atoms with van der Waals surface area (Å²) in [4.78, 5) is 9.35. The SMILES string of the molecule is CC(C)(C)c1cccc(N2[CH-]N(c3[c-]c(Oc4[c-]c5c(c(C(C)(C)c6ccccc6)c4)c4ccccc4n5-c4cc(C(C)(C)C)ccn4)ccc3)C=C2c2ccccc2)c1.[Pt]. The first-order valence-electron chi connectivity index (χ1n) is 20.8. The molecule has 8 aromatic rings. The molecule has 0 radical (unpaired) electrons. The molecule has 310 valence electrons. The topological polar surface area (TPSA) is 33.5 Å². The molecule has 0 saturated carbocycles. The summed E-state index contributed by atoms with van der Waals surface area (Å²) in [5.41, 5.74) is 10.6. The van der Waals surface area contributed by atoms with Crippen LogP contribution in [0.5, 0.6) is 11.5 Å². The minimum absolute atomic E-state index is 0. The monoisotopic (exact) mass is 978 g/mol. The number of para-hydroxylation sites is 1. The van der Waals surface area contributed by atoms with Gasteiger partial charge in [0.15, 0.2) is 0 Å². The molecule has 1 aliphatic heterocycles. The summed E-state index contributed by atoms with van der Waals surface area (Å²) >= 11 is 0. The Bertz CT molecular complexity index is 2880. The number of anilines is 2. The molecular weight excluding hydrogens is 928 g/mol. The van der Waals surface area contributed by atoms with Crippen LogP contribution in [0.4, 0.5) is 11.4 Å². The third-order valence-corrected chi connectivity index (χ3v) is 11.7. The number of fused-ring (bicyclic) bond motifs is 3. The second-order valence-corrected chi connectivity index (χ2v) is 18.3. The summed E-state index contributed by atoms with van der Waals surface area (Å²) in [7, 11) is 0. The Morgan fingerprint density at radius 1 is 0.607 bits per heavy atom. The van der Waals surface area contributed by atoms with Crippen molar-refractivity contribution in [1.29, 1.82) is 0 Å². The number of nitrogens with zero attached hydrogens (tertiary/aromatic N) is 4. The van der Waals surface area contributed by atoms with Crippen LogP contribution in [0.1, 0.15) is 83.2 Å². The van der Waals surface area contributed by atoms with Gasteiger partial charge in [0.2, 0.25) is 0 Å². The van der Waals surface area contributed by atoms with Crippen molar-refractivity contribution in [1.82, 2.24) is 9.55 Å². The van der Waals surface area contributed by atoms with E-state index in [1.54, 1.807) is 0 Å². The molecule has 5 nitrogen and oxygen atoms in total. The molecule has 6 aromatic carbocycles. The smallest absolute Gasteiger partial charge is 0.135 e. The molecule has 0 spiro atoms. The molecule has 0 N–H and O–H groups in total. The van der Waals surface area contributed by atoms with Crippen LogP contribution in [0.25, 0.3) is 33.3 Å². The molecule has 0 amide bonds. The number of hydrogen-bond acceptors (Lipinski definition) is 4. The fourth-order valence-corrected chi connectivity index (χ4v) is 8.25. The van der Waals surface area contributed by atoms with Crippen molar-refractivity contribution in [3.8, 4) is 17.3 Å². The molecule has 0 bridgehead atoms. The summed E-state index contributed by atoms with van der Waals surface area (Å²) in [6.45, 7) is 20.2. The third-order valence-electron chi connectivity index (χ3n) is 11.7. The van der Waals surface area contributed by atoms with Gasteiger partial charge in [0.25, 0.3) is 0 Å². The van der Waals surface area contributed by atoms with Gasteiger partial charge in [-0.25, -0.2) is 4.98 Å². The van der Waals surface area contributed by atoms with Crippen molar-refractivity contribution in [2.24, 2.45) is 0 Å². The van der Waals surface area contributed by atoms with Crippen LogP contribution >= 0.6 is 0 Å². The average molecular weight is 979 g/mol. The van der Waals surface area contributed by atoms with Gasteiger partial charge in [0.1, 0.15) is 5.82 Å². The van der Waals surface area contributed by atoms with E-state index >= 15 is 0 Å². The second-order valence-electron chi connectivity index (χ2n) is 18.3. The molecule has 0 atom stereocenters. The van der Waals surface area contributed by atoms with Crippen molar-refractivity contribution >= 4 is 38.9 Å². The molecule has 6 heteroatoms. The number of hydrogen-bond donors (Lipinski definition) is 0. The number of pyridine rings is 1. The normalized spacial score (nSPS) is 13.4. The van der Waals surface area contributed by atoms with Crippen molar-refractivity contribution in [3.05, 3.63) is 205 Å². The Hall–Kier alpha value is -5.90. The van der Waals surface area contributed by atoms with E-state index in [2.05, 4.69) is 228 Å². The number of benzene rings is 6. The zero-order valence-electron chi connectivity index (χ0n) is 36.1. The predicted octanol–water partition coefficient (Wildman–Crippen LogP) is 13.9. The summed E-state index contributed by atoms with van der Waals surface area (Å²) in [6, 6.07) is 58.6. The van der Waals surface area contributed by atoms with Gasteiger partial charge in [-0.05, 0) is 80.4 Å². The van der Waals surface area contributed by atoms with E-state index < -0.39 is 0 Å². The minimum Gasteiger partial charge on any atom is -0.509 e. The van der Waals surface area contributed by atoms with Gasteiger partial charge in [-0.3, -0.25) is 0 Å². The molecular formula is C55H51N4OPt-3. The molecule has 1 aliphatic rings. The summed E-state index contributed by atoms with van der Waals surface area (Å²) in [5.74, 6) is 2.05. The van der Waals surface area contributed by atoms with E-state index in [0.717, 1.165) is 55.8 Å². The maximum atomic E-state index is 6.88. The van der Waals surface area contributed by atoms with E-state index in [4.69, 9.17) is 9.72 Å². The third kappa shape index (κ3) is 8.05. The van der Waals surface area contributed by atoms with Crippen LogP contribution in [-0.2, 0) is 37.3 Å². The van der Waals surface area contributed by atoms with Crippen molar-refractivity contribution < 1.29 is 25.8 Å². The molecule has 0 unspecified atom stereocenters. The van der Waals surface area contributed by atoms with Crippen LogP contribution in [0, 0.1) is 18.8 Å². The maximum Gasteiger partial charge on any atom is 0.135 e. The number of ether oxygens (including phenoxy) is 1. The van der Waals surface area contributed by atoms with Gasteiger partial charge in [0.05, 0.1) is 0 Å². The molecule has 61 heavy (non-hydrogen) atoms. The summed E-state index contributed by atoms with van der Waals surface area (Å²) in [6.07, 6.45) is 4.09. The predicted molar refractivity (Wildman–Crippen MR) is 249 cm³/mol. The first kappa shape index (κ1) is 41.8. The van der Waals surface area contributed by atoms with Crippen LogP contribution < -0.4 is 14.5 Å². The minimum atomic E-state index is -0.384. The van der Waals surface area contributed by atoms with Gasteiger partial charge < -0.3 is 19.1 Å². The average Bonchev–Trinajstić information content (AvgIpc) is 3.84. The largest absolute Gasteiger partial charge is 0.509 e. The van der Waals surface area contributed by atoms with Crippen LogP contribution in [-0.4, -0.2) is 9.55 Å². The van der Waals surface area contributed by atoms with Gasteiger partial charge in [-0.2, -0.15) is 6.07 Å². The zero-order chi connectivity index (χ0) is 41.8. The second kappa shape index (κ2) is 16.2. The van der Waals surface area contributed by atoms with Gasteiger partial charge in [0, 0.05) is 55.7 Å². The molecule has 3 heterocycles. The van der Waals surface area contributed by atoms with Gasteiger partial charge in [-0.1, -0.05) is 157 Å². The molecule has 0 saturated heterocycles. The van der Waals surface area contributed by atoms with Crippen LogP contribution in [0.15, 0.2) is 158 Å². The first-order valence-corrected chi connectivity index (χ1v) is 20.8. The van der Waals surface area contributed by atoms with E-state index in [9.17, 15) is 0 Å². The van der Waals surface area contributed by atoms with Gasteiger partial charge in [-0.15, -0.1) is 48.3 Å². The fraction of sp³-hybridized carbons (Fsp3) is 0.200. The fourth-order valence-electron chi connectivity index (χ4n) is 8.25. The molecule has 0 aliphatic carbocycles. The Morgan fingerprint density at radius 2 is 1.26 bits per heavy atom. The van der Waals surface area contributed by atoms with E-state index in [-0.39, 0.29) is 37.3 Å². The summed E-state index contributed by atoms with van der Waals surface area (Å²) in [5, 5.41) is 2.28. The van der Waals surface area contributed by atoms with Crippen LogP contribution in [0.3, 0.4) is 0 Å². The number of rotatable bonds is 8. The Kier molecular flexibility index (Phi) is 11.1. The van der Waals surface area contributed by atoms with Crippen molar-refractivity contribution in [2.45, 2.75) is 71.6 Å². The van der Waals surface area contributed by atoms with E-state index in [1.807, 2.05) is 18.3 Å². The van der Waals surface area contributed by atoms with Crippen molar-refractivity contribution in [3.63, 3.8) is 0 Å². The standard InChI is InChI=1S/C55H51N4O.Pt/c1-53(2,3)40-23-17-25-43(31-40)58-37-57(36-50(58)38-19-11-9-12-20-38)42-24-18-26-44(33-42)60-45-34-47(55(7,8)39-21-13-10-14-22-39)52-46-27-15-16-28-48(46)59(49(52)35-45)51-32-41(29-30-56-51)54(4,5)6;/h9-32,34,36-37H,1-8H3;/q-3;. The first-order chi connectivity index (χ1) is 28.8. The quantitative estimate of drug-likeness (QED) is 0.142. The van der Waals surface area contributed by atoms with E-state index in [1.165, 1.54) is 16.7 Å². The van der Waals surface area contributed by atoms with E-state index in [0.29, 0.717) is 11.5 Å². The van der Waals surface area contributed by atoms with Crippen molar-refractivity contribution in [2.75, 3.05) is 9.80 Å². The Labute approximate surface area is 375 Å². The number of aromatic nitrogens is 2. The summed E-state index contributed by atoms with van der Waals surface area (Å²) < 4.78 is 9.13. The Balaban J connectivity index is 0.00000514. The Morgan fingerprint density at radius 3 is 2.00 bits per heavy atom. The maximum absolute atomic E-state index is 6.88. The zero-order valence-corrected chi connectivity index (χ0v) is 38.4. The van der Waals surface area contributed by atoms with Gasteiger partial charge >= 0.3 is 0 Å². The molecule has 2 aromatic heterocycles.